The lowest BCUT2D eigenvalue weighted by atomic mass is 10.3. The van der Waals surface area contributed by atoms with Gasteiger partial charge in [0, 0.05) is 6.54 Å². The highest BCUT2D eigenvalue weighted by Gasteiger charge is 2.03. The van der Waals surface area contributed by atoms with Gasteiger partial charge in [-0.3, -0.25) is 9.59 Å². The standard InChI is InChI=1S/C11H12FNO4/c12-8-1-3-9(4-2-8)17-7-10(14)13-6-5-11(15)16/h1-4H,5-7H2,(H,13,14)(H,15,16). The molecule has 0 aliphatic heterocycles. The summed E-state index contributed by atoms with van der Waals surface area (Å²) in [6.45, 7) is -0.174. The zero-order valence-corrected chi connectivity index (χ0v) is 8.98. The van der Waals surface area contributed by atoms with Gasteiger partial charge in [0.1, 0.15) is 11.6 Å². The van der Waals surface area contributed by atoms with E-state index in [9.17, 15) is 14.0 Å². The van der Waals surface area contributed by atoms with Crippen LogP contribution in [0.3, 0.4) is 0 Å². The van der Waals surface area contributed by atoms with E-state index in [1.807, 2.05) is 0 Å². The smallest absolute Gasteiger partial charge is 0.305 e. The van der Waals surface area contributed by atoms with Crippen molar-refractivity contribution in [3.8, 4) is 5.75 Å². The van der Waals surface area contributed by atoms with E-state index in [0.717, 1.165) is 0 Å². The molecular weight excluding hydrogens is 229 g/mol. The predicted molar refractivity (Wildman–Crippen MR) is 57.2 cm³/mol. The first-order chi connectivity index (χ1) is 8.08. The second-order valence-electron chi connectivity index (χ2n) is 3.24. The number of ether oxygens (including phenoxy) is 1. The summed E-state index contributed by atoms with van der Waals surface area (Å²) in [5.74, 6) is -1.41. The van der Waals surface area contributed by atoms with Crippen LogP contribution in [0.5, 0.6) is 5.75 Å². The highest BCUT2D eigenvalue weighted by molar-refractivity contribution is 5.78. The van der Waals surface area contributed by atoms with Crippen LogP contribution in [0, 0.1) is 5.82 Å². The fourth-order valence-electron chi connectivity index (χ4n) is 1.04. The van der Waals surface area contributed by atoms with Crippen molar-refractivity contribution in [1.29, 1.82) is 0 Å². The molecule has 0 aliphatic carbocycles. The number of hydrogen-bond donors (Lipinski definition) is 2. The molecule has 0 aromatic heterocycles. The lowest BCUT2D eigenvalue weighted by Crippen LogP contribution is -2.30. The topological polar surface area (TPSA) is 75.6 Å². The van der Waals surface area contributed by atoms with E-state index in [4.69, 9.17) is 9.84 Å². The number of hydrogen-bond acceptors (Lipinski definition) is 3. The molecule has 0 bridgehead atoms. The number of benzene rings is 1. The molecular formula is C11H12FNO4. The van der Waals surface area contributed by atoms with Gasteiger partial charge in [0.15, 0.2) is 6.61 Å². The van der Waals surface area contributed by atoms with E-state index < -0.39 is 11.9 Å². The largest absolute Gasteiger partial charge is 0.484 e. The van der Waals surface area contributed by atoms with Crippen LogP contribution in [0.2, 0.25) is 0 Å². The van der Waals surface area contributed by atoms with Gasteiger partial charge in [0.2, 0.25) is 0 Å². The van der Waals surface area contributed by atoms with Gasteiger partial charge in [-0.1, -0.05) is 0 Å². The second kappa shape index (κ2) is 6.47. The Morgan fingerprint density at radius 3 is 2.53 bits per heavy atom. The molecule has 5 nitrogen and oxygen atoms in total. The van der Waals surface area contributed by atoms with E-state index >= 15 is 0 Å². The summed E-state index contributed by atoms with van der Waals surface area (Å²) in [6.07, 6.45) is -0.137. The van der Waals surface area contributed by atoms with Crippen molar-refractivity contribution in [2.24, 2.45) is 0 Å². The monoisotopic (exact) mass is 241 g/mol. The maximum atomic E-state index is 12.5. The number of amides is 1. The van der Waals surface area contributed by atoms with E-state index in [0.29, 0.717) is 5.75 Å². The lowest BCUT2D eigenvalue weighted by Gasteiger charge is -2.06. The van der Waals surface area contributed by atoms with Gasteiger partial charge < -0.3 is 15.2 Å². The van der Waals surface area contributed by atoms with Crippen LogP contribution >= 0.6 is 0 Å². The van der Waals surface area contributed by atoms with Crippen LogP contribution in [-0.2, 0) is 9.59 Å². The molecule has 0 atom stereocenters. The van der Waals surface area contributed by atoms with Crippen molar-refractivity contribution in [3.05, 3.63) is 30.1 Å². The summed E-state index contributed by atoms with van der Waals surface area (Å²) in [7, 11) is 0. The highest BCUT2D eigenvalue weighted by Crippen LogP contribution is 2.10. The Labute approximate surface area is 97.2 Å². The van der Waals surface area contributed by atoms with Crippen LogP contribution in [-0.4, -0.2) is 30.1 Å². The number of aliphatic carboxylic acids is 1. The van der Waals surface area contributed by atoms with Crippen LogP contribution in [0.4, 0.5) is 4.39 Å². The Hall–Kier alpha value is -2.11. The molecule has 92 valence electrons. The van der Waals surface area contributed by atoms with Gasteiger partial charge in [-0.05, 0) is 24.3 Å². The van der Waals surface area contributed by atoms with E-state index in [1.165, 1.54) is 24.3 Å². The Morgan fingerprint density at radius 2 is 1.94 bits per heavy atom. The first-order valence-electron chi connectivity index (χ1n) is 4.95. The number of carboxylic acid groups (broad SMARTS) is 1. The fourth-order valence-corrected chi connectivity index (χ4v) is 1.04. The van der Waals surface area contributed by atoms with E-state index in [2.05, 4.69) is 5.32 Å². The molecule has 2 N–H and O–H groups in total. The number of carboxylic acids is 1. The molecule has 1 aromatic carbocycles. The number of nitrogens with one attached hydrogen (secondary N) is 1. The summed E-state index contributed by atoms with van der Waals surface area (Å²) in [6, 6.07) is 5.25. The number of rotatable bonds is 6. The van der Waals surface area contributed by atoms with Gasteiger partial charge in [0.25, 0.3) is 5.91 Å². The summed E-state index contributed by atoms with van der Waals surface area (Å²) >= 11 is 0. The first-order valence-corrected chi connectivity index (χ1v) is 4.95. The minimum atomic E-state index is -0.982. The predicted octanol–water partition coefficient (Wildman–Crippen LogP) is 0.795. The van der Waals surface area contributed by atoms with Crippen LogP contribution < -0.4 is 10.1 Å². The van der Waals surface area contributed by atoms with Gasteiger partial charge in [0.05, 0.1) is 6.42 Å². The summed E-state index contributed by atoms with van der Waals surface area (Å²) in [4.78, 5) is 21.3. The van der Waals surface area contributed by atoms with E-state index in [-0.39, 0.29) is 25.4 Å². The molecule has 0 unspecified atom stereocenters. The van der Waals surface area contributed by atoms with Crippen molar-refractivity contribution >= 4 is 11.9 Å². The molecule has 0 saturated heterocycles. The van der Waals surface area contributed by atoms with Crippen LogP contribution in [0.25, 0.3) is 0 Å². The average molecular weight is 241 g/mol. The Bertz CT molecular complexity index is 391. The third-order valence-corrected chi connectivity index (χ3v) is 1.84. The number of carbonyl (C=O) groups excluding carboxylic acids is 1. The number of halogens is 1. The van der Waals surface area contributed by atoms with Gasteiger partial charge in [-0.15, -0.1) is 0 Å². The summed E-state index contributed by atoms with van der Waals surface area (Å²) in [5.41, 5.74) is 0. The lowest BCUT2D eigenvalue weighted by molar-refractivity contribution is -0.137. The molecule has 17 heavy (non-hydrogen) atoms. The molecule has 0 aliphatic rings. The quantitative estimate of drug-likeness (QED) is 0.772. The average Bonchev–Trinajstić information content (AvgIpc) is 2.28. The van der Waals surface area contributed by atoms with E-state index in [1.54, 1.807) is 0 Å². The normalized spacial score (nSPS) is 9.71. The van der Waals surface area contributed by atoms with Crippen molar-refractivity contribution < 1.29 is 23.8 Å². The van der Waals surface area contributed by atoms with Crippen molar-refractivity contribution in [2.45, 2.75) is 6.42 Å². The van der Waals surface area contributed by atoms with Gasteiger partial charge in [-0.25, -0.2) is 4.39 Å². The molecule has 0 fully saturated rings. The third-order valence-electron chi connectivity index (χ3n) is 1.84. The minimum absolute atomic E-state index is 0.0565. The minimum Gasteiger partial charge on any atom is -0.484 e. The Morgan fingerprint density at radius 1 is 1.29 bits per heavy atom. The van der Waals surface area contributed by atoms with Gasteiger partial charge in [-0.2, -0.15) is 0 Å². The molecule has 6 heteroatoms. The molecule has 1 amide bonds. The molecule has 0 heterocycles. The van der Waals surface area contributed by atoms with Crippen molar-refractivity contribution in [3.63, 3.8) is 0 Å². The zero-order valence-electron chi connectivity index (χ0n) is 8.98. The fraction of sp³-hybridized carbons (Fsp3) is 0.273. The summed E-state index contributed by atoms with van der Waals surface area (Å²) in [5, 5.41) is 10.7. The number of carbonyl (C=O) groups is 2. The third kappa shape index (κ3) is 5.50. The Balaban J connectivity index is 2.23. The summed E-state index contributed by atoms with van der Waals surface area (Å²) < 4.78 is 17.6. The molecule has 0 saturated carbocycles. The van der Waals surface area contributed by atoms with Crippen LogP contribution in [0.1, 0.15) is 6.42 Å². The molecule has 0 radical (unpaired) electrons. The zero-order chi connectivity index (χ0) is 12.7. The molecule has 0 spiro atoms. The SMILES string of the molecule is O=C(O)CCNC(=O)COc1ccc(F)cc1. The first kappa shape index (κ1) is 13.0. The molecule has 1 aromatic rings. The Kier molecular flexibility index (Phi) is 4.93. The van der Waals surface area contributed by atoms with Gasteiger partial charge >= 0.3 is 5.97 Å². The van der Waals surface area contributed by atoms with Crippen molar-refractivity contribution in [2.75, 3.05) is 13.2 Å². The second-order valence-corrected chi connectivity index (χ2v) is 3.24. The molecule has 1 rings (SSSR count). The highest BCUT2D eigenvalue weighted by atomic mass is 19.1. The maximum Gasteiger partial charge on any atom is 0.305 e. The van der Waals surface area contributed by atoms with Crippen molar-refractivity contribution in [1.82, 2.24) is 5.32 Å². The maximum absolute atomic E-state index is 12.5. The van der Waals surface area contributed by atoms with Crippen LogP contribution in [0.15, 0.2) is 24.3 Å².